The Labute approximate surface area is 156 Å². The van der Waals surface area contributed by atoms with Crippen LogP contribution >= 0.6 is 0 Å². The molecule has 0 amide bonds. The van der Waals surface area contributed by atoms with Gasteiger partial charge in [-0.3, -0.25) is 0 Å². The first-order valence-electron chi connectivity index (χ1n) is 9.51. The second kappa shape index (κ2) is 12.0. The second-order valence-electron chi connectivity index (χ2n) is 6.40. The maximum atomic E-state index is 11.8. The molecule has 0 radical (unpaired) electrons. The standard InChI is InChI=1S/C22H28N2O2/c1-2-3-4-5-6-8-14-20-17-23-22(24-18-20)26-21(25)16-11-15-19-12-9-7-10-13-19/h7,9-13,16-18H,2-6,8,14-15H2,1H3/b16-11+. The summed E-state index contributed by atoms with van der Waals surface area (Å²) in [5.74, 6) is -0.454. The van der Waals surface area contributed by atoms with E-state index in [9.17, 15) is 4.79 Å². The third-order valence-corrected chi connectivity index (χ3v) is 4.14. The van der Waals surface area contributed by atoms with Gasteiger partial charge < -0.3 is 4.74 Å². The van der Waals surface area contributed by atoms with Crippen LogP contribution in [0.5, 0.6) is 6.01 Å². The normalized spacial score (nSPS) is 11.0. The Balaban J connectivity index is 1.68. The maximum Gasteiger partial charge on any atom is 0.338 e. The van der Waals surface area contributed by atoms with E-state index in [1.807, 2.05) is 30.3 Å². The number of nitrogens with zero attached hydrogens (tertiary/aromatic N) is 2. The predicted octanol–water partition coefficient (Wildman–Crippen LogP) is 5.08. The van der Waals surface area contributed by atoms with Gasteiger partial charge in [0, 0.05) is 18.5 Å². The number of allylic oxidation sites excluding steroid dienone is 1. The van der Waals surface area contributed by atoms with Gasteiger partial charge in [-0.25, -0.2) is 14.8 Å². The van der Waals surface area contributed by atoms with E-state index >= 15 is 0 Å². The van der Waals surface area contributed by atoms with Crippen LogP contribution in [0.1, 0.15) is 56.6 Å². The monoisotopic (exact) mass is 352 g/mol. The number of hydrogen-bond donors (Lipinski definition) is 0. The molecule has 2 rings (SSSR count). The van der Waals surface area contributed by atoms with Crippen molar-refractivity contribution in [1.29, 1.82) is 0 Å². The van der Waals surface area contributed by atoms with Crippen molar-refractivity contribution in [2.75, 3.05) is 0 Å². The molecule has 1 aromatic carbocycles. The van der Waals surface area contributed by atoms with Crippen molar-refractivity contribution < 1.29 is 9.53 Å². The summed E-state index contributed by atoms with van der Waals surface area (Å²) in [4.78, 5) is 20.0. The summed E-state index contributed by atoms with van der Waals surface area (Å²) in [5.41, 5.74) is 2.23. The summed E-state index contributed by atoms with van der Waals surface area (Å²) >= 11 is 0. The number of esters is 1. The van der Waals surface area contributed by atoms with Crippen LogP contribution in [0.25, 0.3) is 0 Å². The van der Waals surface area contributed by atoms with Crippen LogP contribution in [0, 0.1) is 0 Å². The molecular weight excluding hydrogens is 324 g/mol. The van der Waals surface area contributed by atoms with Gasteiger partial charge in [0.1, 0.15) is 0 Å². The van der Waals surface area contributed by atoms with Crippen LogP contribution in [0.4, 0.5) is 0 Å². The number of hydrogen-bond acceptors (Lipinski definition) is 4. The Morgan fingerprint density at radius 1 is 0.962 bits per heavy atom. The molecule has 0 atom stereocenters. The summed E-state index contributed by atoms with van der Waals surface area (Å²) in [5, 5.41) is 0. The van der Waals surface area contributed by atoms with Crippen molar-refractivity contribution in [3.05, 3.63) is 66.0 Å². The lowest BCUT2D eigenvalue weighted by atomic mass is 10.1. The van der Waals surface area contributed by atoms with E-state index in [2.05, 4.69) is 16.9 Å². The molecule has 0 N–H and O–H groups in total. The van der Waals surface area contributed by atoms with Crippen molar-refractivity contribution in [3.8, 4) is 6.01 Å². The van der Waals surface area contributed by atoms with Crippen LogP contribution in [0.2, 0.25) is 0 Å². The molecule has 2 aromatic rings. The quantitative estimate of drug-likeness (QED) is 0.321. The molecule has 138 valence electrons. The van der Waals surface area contributed by atoms with Gasteiger partial charge in [0.05, 0.1) is 0 Å². The molecule has 1 heterocycles. The maximum absolute atomic E-state index is 11.8. The van der Waals surface area contributed by atoms with E-state index < -0.39 is 5.97 Å². The van der Waals surface area contributed by atoms with Crippen molar-refractivity contribution in [3.63, 3.8) is 0 Å². The van der Waals surface area contributed by atoms with E-state index in [0.717, 1.165) is 24.0 Å². The zero-order valence-corrected chi connectivity index (χ0v) is 15.6. The fourth-order valence-corrected chi connectivity index (χ4v) is 2.66. The van der Waals surface area contributed by atoms with Crippen LogP contribution in [0.3, 0.4) is 0 Å². The summed E-state index contributed by atoms with van der Waals surface area (Å²) in [6, 6.07) is 10.0. The van der Waals surface area contributed by atoms with Gasteiger partial charge in [-0.2, -0.15) is 0 Å². The fraction of sp³-hybridized carbons (Fsp3) is 0.409. The van der Waals surface area contributed by atoms with Gasteiger partial charge >= 0.3 is 12.0 Å². The van der Waals surface area contributed by atoms with E-state index in [1.54, 1.807) is 18.5 Å². The Morgan fingerprint density at radius 3 is 2.38 bits per heavy atom. The van der Waals surface area contributed by atoms with Crippen LogP contribution in [0.15, 0.2) is 54.9 Å². The first-order chi connectivity index (χ1) is 12.8. The minimum Gasteiger partial charge on any atom is -0.388 e. The molecule has 0 aliphatic rings. The lowest BCUT2D eigenvalue weighted by Gasteiger charge is -2.03. The van der Waals surface area contributed by atoms with E-state index in [4.69, 9.17) is 4.74 Å². The molecule has 0 fully saturated rings. The first kappa shape index (κ1) is 19.8. The van der Waals surface area contributed by atoms with Gasteiger partial charge in [0.2, 0.25) is 0 Å². The number of unbranched alkanes of at least 4 members (excludes halogenated alkanes) is 5. The second-order valence-corrected chi connectivity index (χ2v) is 6.40. The average Bonchev–Trinajstić information content (AvgIpc) is 2.67. The summed E-state index contributed by atoms with van der Waals surface area (Å²) < 4.78 is 5.13. The zero-order valence-electron chi connectivity index (χ0n) is 15.6. The number of aryl methyl sites for hydroxylation is 1. The Morgan fingerprint density at radius 2 is 1.65 bits per heavy atom. The number of carbonyl (C=O) groups excluding carboxylic acids is 1. The van der Waals surface area contributed by atoms with Gasteiger partial charge in [0.25, 0.3) is 0 Å². The summed E-state index contributed by atoms with van der Waals surface area (Å²) in [7, 11) is 0. The molecule has 4 nitrogen and oxygen atoms in total. The van der Waals surface area contributed by atoms with Crippen LogP contribution in [-0.4, -0.2) is 15.9 Å². The van der Waals surface area contributed by atoms with E-state index in [1.165, 1.54) is 38.2 Å². The third-order valence-electron chi connectivity index (χ3n) is 4.14. The van der Waals surface area contributed by atoms with Crippen LogP contribution < -0.4 is 4.74 Å². The highest BCUT2D eigenvalue weighted by Gasteiger charge is 2.04. The van der Waals surface area contributed by atoms with E-state index in [0.29, 0.717) is 6.42 Å². The number of ether oxygens (including phenoxy) is 1. The third kappa shape index (κ3) is 8.06. The highest BCUT2D eigenvalue weighted by Crippen LogP contribution is 2.10. The Bertz CT molecular complexity index is 666. The smallest absolute Gasteiger partial charge is 0.338 e. The minimum absolute atomic E-state index is 0.103. The summed E-state index contributed by atoms with van der Waals surface area (Å²) in [6.07, 6.45) is 15.9. The lowest BCUT2D eigenvalue weighted by molar-refractivity contribution is -0.129. The van der Waals surface area contributed by atoms with Crippen molar-refractivity contribution in [2.24, 2.45) is 0 Å². The Kier molecular flexibility index (Phi) is 9.12. The molecule has 0 aliphatic carbocycles. The molecule has 0 unspecified atom stereocenters. The average molecular weight is 352 g/mol. The number of benzene rings is 1. The highest BCUT2D eigenvalue weighted by atomic mass is 16.5. The fourth-order valence-electron chi connectivity index (χ4n) is 2.66. The van der Waals surface area contributed by atoms with Crippen molar-refractivity contribution in [1.82, 2.24) is 9.97 Å². The molecule has 0 bridgehead atoms. The van der Waals surface area contributed by atoms with E-state index in [-0.39, 0.29) is 6.01 Å². The van der Waals surface area contributed by atoms with Gasteiger partial charge in [-0.1, -0.05) is 75.4 Å². The topological polar surface area (TPSA) is 52.1 Å². The SMILES string of the molecule is CCCCCCCCc1cnc(OC(=O)/C=C/Cc2ccccc2)nc1. The molecule has 26 heavy (non-hydrogen) atoms. The largest absolute Gasteiger partial charge is 0.388 e. The molecule has 1 aromatic heterocycles. The van der Waals surface area contributed by atoms with Gasteiger partial charge in [-0.15, -0.1) is 0 Å². The predicted molar refractivity (Wildman–Crippen MR) is 104 cm³/mol. The van der Waals surface area contributed by atoms with Crippen molar-refractivity contribution >= 4 is 5.97 Å². The lowest BCUT2D eigenvalue weighted by Crippen LogP contribution is -2.07. The zero-order chi connectivity index (χ0) is 18.5. The number of aromatic nitrogens is 2. The van der Waals surface area contributed by atoms with Gasteiger partial charge in [0.15, 0.2) is 0 Å². The molecule has 0 saturated heterocycles. The van der Waals surface area contributed by atoms with Crippen LogP contribution in [-0.2, 0) is 17.6 Å². The molecule has 0 saturated carbocycles. The highest BCUT2D eigenvalue weighted by molar-refractivity contribution is 5.83. The first-order valence-corrected chi connectivity index (χ1v) is 9.51. The minimum atomic E-state index is -0.454. The number of carbonyl (C=O) groups is 1. The molecule has 0 spiro atoms. The molecule has 0 aliphatic heterocycles. The van der Waals surface area contributed by atoms with Gasteiger partial charge in [-0.05, 0) is 30.4 Å². The molecule has 4 heteroatoms. The molecular formula is C22H28N2O2. The summed E-state index contributed by atoms with van der Waals surface area (Å²) in [6.45, 7) is 2.23. The van der Waals surface area contributed by atoms with Crippen molar-refractivity contribution in [2.45, 2.75) is 58.3 Å². The number of rotatable bonds is 11. The Hall–Kier alpha value is -2.49.